The van der Waals surface area contributed by atoms with Crippen LogP contribution in [0.2, 0.25) is 0 Å². The summed E-state index contributed by atoms with van der Waals surface area (Å²) in [6, 6.07) is 2.34. The van der Waals surface area contributed by atoms with Gasteiger partial charge < -0.3 is 16.5 Å². The molecule has 1 aromatic carbocycles. The van der Waals surface area contributed by atoms with Crippen LogP contribution in [0.5, 0.6) is 0 Å². The number of rotatable bonds is 5. The van der Waals surface area contributed by atoms with E-state index in [2.05, 4.69) is 5.32 Å². The van der Waals surface area contributed by atoms with Gasteiger partial charge >= 0.3 is 6.18 Å². The molecule has 6 N–H and O–H groups in total. The number of hydrogen-bond acceptors (Lipinski definition) is 4. The fourth-order valence-electron chi connectivity index (χ4n) is 1.71. The number of benzene rings is 1. The first kappa shape index (κ1) is 16.8. The summed E-state index contributed by atoms with van der Waals surface area (Å²) in [5.41, 5.74) is 5.29. The summed E-state index contributed by atoms with van der Waals surface area (Å²) in [4.78, 5) is 22.5. The molecule has 1 rings (SSSR count). The molecule has 0 aliphatic carbocycles. The summed E-state index contributed by atoms with van der Waals surface area (Å²) in [6.45, 7) is 1.52. The average Bonchev–Trinajstić information content (AvgIpc) is 2.35. The number of amides is 2. The molecule has 9 heteroatoms. The Balaban J connectivity index is 2.98. The van der Waals surface area contributed by atoms with Crippen LogP contribution in [0.25, 0.3) is 0 Å². The molecular weight excluding hydrogens is 289 g/mol. The first-order valence-corrected chi connectivity index (χ1v) is 5.92. The standard InChI is InChI=1S/C12H15F3N4O2/c1-6(4-10(16)20)18-11(21)7-2-3-9(19-17)8(5-7)12(13,14)15/h2-3,5-6,19H,4,17H2,1H3,(H2,16,20)(H,18,21). The molecule has 116 valence electrons. The van der Waals surface area contributed by atoms with Gasteiger partial charge in [0.15, 0.2) is 0 Å². The van der Waals surface area contributed by atoms with Crippen LogP contribution in [0.3, 0.4) is 0 Å². The number of halogens is 3. The van der Waals surface area contributed by atoms with Crippen molar-refractivity contribution in [3.63, 3.8) is 0 Å². The van der Waals surface area contributed by atoms with E-state index in [0.717, 1.165) is 6.07 Å². The van der Waals surface area contributed by atoms with E-state index in [1.54, 1.807) is 0 Å². The maximum atomic E-state index is 12.8. The molecule has 6 nitrogen and oxygen atoms in total. The summed E-state index contributed by atoms with van der Waals surface area (Å²) < 4.78 is 38.5. The third kappa shape index (κ3) is 4.63. The zero-order valence-corrected chi connectivity index (χ0v) is 11.1. The summed E-state index contributed by atoms with van der Waals surface area (Å²) in [5.74, 6) is 3.65. The van der Waals surface area contributed by atoms with Crippen LogP contribution in [0, 0.1) is 0 Å². The second-order valence-electron chi connectivity index (χ2n) is 4.45. The molecule has 0 saturated heterocycles. The van der Waals surface area contributed by atoms with Crippen molar-refractivity contribution < 1.29 is 22.8 Å². The largest absolute Gasteiger partial charge is 0.418 e. The molecule has 0 fully saturated rings. The minimum Gasteiger partial charge on any atom is -0.370 e. The van der Waals surface area contributed by atoms with E-state index < -0.39 is 29.6 Å². The number of alkyl halides is 3. The lowest BCUT2D eigenvalue weighted by molar-refractivity contribution is -0.137. The van der Waals surface area contributed by atoms with Gasteiger partial charge in [-0.05, 0) is 25.1 Å². The molecule has 2 amide bonds. The first-order valence-electron chi connectivity index (χ1n) is 5.92. The monoisotopic (exact) mass is 304 g/mol. The number of primary amides is 1. The summed E-state index contributed by atoms with van der Waals surface area (Å²) in [7, 11) is 0. The average molecular weight is 304 g/mol. The number of nitrogens with one attached hydrogen (secondary N) is 2. The Hall–Kier alpha value is -2.29. The van der Waals surface area contributed by atoms with Gasteiger partial charge in [-0.15, -0.1) is 0 Å². The number of carbonyl (C=O) groups is 2. The van der Waals surface area contributed by atoms with Crippen LogP contribution >= 0.6 is 0 Å². The van der Waals surface area contributed by atoms with Crippen LogP contribution in [0.1, 0.15) is 29.3 Å². The van der Waals surface area contributed by atoms with E-state index >= 15 is 0 Å². The van der Waals surface area contributed by atoms with Crippen LogP contribution in [-0.4, -0.2) is 17.9 Å². The molecular formula is C12H15F3N4O2. The molecule has 1 atom stereocenters. The van der Waals surface area contributed by atoms with Gasteiger partial charge in [-0.25, -0.2) is 0 Å². The Morgan fingerprint density at radius 1 is 1.33 bits per heavy atom. The Morgan fingerprint density at radius 2 is 1.95 bits per heavy atom. The lowest BCUT2D eigenvalue weighted by Crippen LogP contribution is -2.35. The summed E-state index contributed by atoms with van der Waals surface area (Å²) >= 11 is 0. The SMILES string of the molecule is CC(CC(N)=O)NC(=O)c1ccc(NN)c(C(F)(F)F)c1. The van der Waals surface area contributed by atoms with E-state index in [4.69, 9.17) is 11.6 Å². The number of hydrazine groups is 1. The molecule has 0 saturated carbocycles. The van der Waals surface area contributed by atoms with Gasteiger partial charge in [-0.2, -0.15) is 13.2 Å². The molecule has 0 aromatic heterocycles. The van der Waals surface area contributed by atoms with E-state index in [0.29, 0.717) is 6.07 Å². The minimum absolute atomic E-state index is 0.111. The molecule has 1 unspecified atom stereocenters. The van der Waals surface area contributed by atoms with Gasteiger partial charge in [-0.1, -0.05) is 0 Å². The lowest BCUT2D eigenvalue weighted by Gasteiger charge is -2.15. The highest BCUT2D eigenvalue weighted by Crippen LogP contribution is 2.35. The van der Waals surface area contributed by atoms with Crippen molar-refractivity contribution in [2.45, 2.75) is 25.6 Å². The van der Waals surface area contributed by atoms with Crippen LogP contribution in [0.4, 0.5) is 18.9 Å². The predicted octanol–water partition coefficient (Wildman–Crippen LogP) is 0.985. The minimum atomic E-state index is -4.66. The normalized spacial score (nSPS) is 12.6. The molecule has 0 bridgehead atoms. The molecule has 0 radical (unpaired) electrons. The van der Waals surface area contributed by atoms with E-state index in [1.165, 1.54) is 13.0 Å². The zero-order valence-electron chi connectivity index (χ0n) is 11.1. The van der Waals surface area contributed by atoms with Gasteiger partial charge in [0.05, 0.1) is 11.3 Å². The first-order chi connectivity index (χ1) is 9.65. The summed E-state index contributed by atoms with van der Waals surface area (Å²) in [6.07, 6.45) is -4.77. The number of hydrogen-bond donors (Lipinski definition) is 4. The lowest BCUT2D eigenvalue weighted by atomic mass is 10.1. The molecule has 0 heterocycles. The highest BCUT2D eigenvalue weighted by Gasteiger charge is 2.34. The maximum Gasteiger partial charge on any atom is 0.418 e. The van der Waals surface area contributed by atoms with Gasteiger partial charge in [-0.3, -0.25) is 15.4 Å². The van der Waals surface area contributed by atoms with Crippen molar-refractivity contribution in [3.05, 3.63) is 29.3 Å². The molecule has 0 aliphatic rings. The number of carbonyl (C=O) groups excluding carboxylic acids is 2. The molecule has 0 aliphatic heterocycles. The zero-order chi connectivity index (χ0) is 16.2. The van der Waals surface area contributed by atoms with Gasteiger partial charge in [0.2, 0.25) is 5.91 Å². The van der Waals surface area contributed by atoms with Crippen molar-refractivity contribution in [3.8, 4) is 0 Å². The van der Waals surface area contributed by atoms with Crippen LogP contribution in [-0.2, 0) is 11.0 Å². The number of anilines is 1. The van der Waals surface area contributed by atoms with Crippen LogP contribution < -0.4 is 22.3 Å². The van der Waals surface area contributed by atoms with Crippen molar-refractivity contribution in [2.75, 3.05) is 5.43 Å². The number of nitrogens with two attached hydrogens (primary N) is 2. The third-order valence-corrected chi connectivity index (χ3v) is 2.63. The third-order valence-electron chi connectivity index (χ3n) is 2.63. The Morgan fingerprint density at radius 3 is 2.43 bits per heavy atom. The van der Waals surface area contributed by atoms with Crippen LogP contribution in [0.15, 0.2) is 18.2 Å². The maximum absolute atomic E-state index is 12.8. The molecule has 1 aromatic rings. The van der Waals surface area contributed by atoms with Gasteiger partial charge in [0, 0.05) is 18.0 Å². The topological polar surface area (TPSA) is 110 Å². The molecule has 0 spiro atoms. The van der Waals surface area contributed by atoms with E-state index in [1.807, 2.05) is 5.43 Å². The predicted molar refractivity (Wildman–Crippen MR) is 70.0 cm³/mol. The van der Waals surface area contributed by atoms with Gasteiger partial charge in [0.1, 0.15) is 0 Å². The number of nitrogen functional groups attached to an aromatic ring is 1. The van der Waals surface area contributed by atoms with E-state index in [-0.39, 0.29) is 17.7 Å². The highest BCUT2D eigenvalue weighted by atomic mass is 19.4. The Bertz CT molecular complexity index is 546. The Kier molecular flexibility index (Phi) is 5.14. The quantitative estimate of drug-likeness (QED) is 0.480. The fraction of sp³-hybridized carbons (Fsp3) is 0.333. The summed E-state index contributed by atoms with van der Waals surface area (Å²) in [5, 5.41) is 2.38. The smallest absolute Gasteiger partial charge is 0.370 e. The fourth-order valence-corrected chi connectivity index (χ4v) is 1.71. The van der Waals surface area contributed by atoms with E-state index in [9.17, 15) is 22.8 Å². The second-order valence-corrected chi connectivity index (χ2v) is 4.45. The highest BCUT2D eigenvalue weighted by molar-refractivity contribution is 5.95. The van der Waals surface area contributed by atoms with Crippen molar-refractivity contribution in [1.29, 1.82) is 0 Å². The molecule has 21 heavy (non-hydrogen) atoms. The second kappa shape index (κ2) is 6.44. The van der Waals surface area contributed by atoms with Gasteiger partial charge in [0.25, 0.3) is 5.91 Å². The van der Waals surface area contributed by atoms with Crippen molar-refractivity contribution in [1.82, 2.24) is 5.32 Å². The van der Waals surface area contributed by atoms with Crippen molar-refractivity contribution >= 4 is 17.5 Å². The Labute approximate surface area is 118 Å². The van der Waals surface area contributed by atoms with Crippen molar-refractivity contribution in [2.24, 2.45) is 11.6 Å².